The molecule has 3 aromatic rings. The second-order valence-corrected chi connectivity index (χ2v) is 10.8. The Kier molecular flexibility index (Phi) is 8.25. The lowest BCUT2D eigenvalue weighted by molar-refractivity contribution is 0.0792. The van der Waals surface area contributed by atoms with Gasteiger partial charge in [0.05, 0.1) is 22.5 Å². The molecule has 2 aromatic heterocycles. The minimum absolute atomic E-state index is 0.0493. The highest BCUT2D eigenvalue weighted by Crippen LogP contribution is 2.36. The highest BCUT2D eigenvalue weighted by molar-refractivity contribution is 5.71. The van der Waals surface area contributed by atoms with E-state index in [4.69, 9.17) is 19.2 Å². The zero-order valence-electron chi connectivity index (χ0n) is 23.0. The maximum Gasteiger partial charge on any atom is 0.163 e. The molecule has 1 aliphatic heterocycles. The average Bonchev–Trinajstić information content (AvgIpc) is 3.71. The summed E-state index contributed by atoms with van der Waals surface area (Å²) in [6.07, 6.45) is 1.86. The number of likely N-dealkylation sites (tertiary alicyclic amines) is 1. The molecule has 1 aliphatic carbocycles. The van der Waals surface area contributed by atoms with Gasteiger partial charge in [0.1, 0.15) is 36.2 Å². The molecule has 5 rings (SSSR count). The lowest BCUT2D eigenvalue weighted by atomic mass is 9.88. The van der Waals surface area contributed by atoms with Crippen molar-refractivity contribution in [3.63, 3.8) is 0 Å². The smallest absolute Gasteiger partial charge is 0.163 e. The van der Waals surface area contributed by atoms with Crippen LogP contribution in [-0.4, -0.2) is 76.7 Å². The van der Waals surface area contributed by atoms with E-state index in [2.05, 4.69) is 15.4 Å². The number of benzene rings is 1. The molecular formula is C29H37F2N5O3. The Labute approximate surface area is 227 Å². The van der Waals surface area contributed by atoms with Gasteiger partial charge in [-0.1, -0.05) is 5.16 Å². The Morgan fingerprint density at radius 3 is 2.67 bits per heavy atom. The van der Waals surface area contributed by atoms with Crippen molar-refractivity contribution in [1.29, 1.82) is 0 Å². The highest BCUT2D eigenvalue weighted by Gasteiger charge is 2.37. The number of nitrogens with one attached hydrogen (secondary N) is 1. The predicted octanol–water partition coefficient (Wildman–Crippen LogP) is 4.19. The quantitative estimate of drug-likeness (QED) is 0.395. The molecule has 210 valence electrons. The van der Waals surface area contributed by atoms with Crippen LogP contribution in [0.4, 0.5) is 8.78 Å². The fraction of sp³-hybridized carbons (Fsp3) is 0.552. The molecule has 0 radical (unpaired) electrons. The van der Waals surface area contributed by atoms with E-state index in [1.807, 2.05) is 20.8 Å². The van der Waals surface area contributed by atoms with Crippen molar-refractivity contribution in [2.75, 3.05) is 33.3 Å². The summed E-state index contributed by atoms with van der Waals surface area (Å²) in [5.41, 5.74) is 3.69. The second-order valence-electron chi connectivity index (χ2n) is 10.8. The first kappa shape index (κ1) is 27.6. The zero-order valence-corrected chi connectivity index (χ0v) is 23.0. The number of aryl methyl sites for hydroxylation is 2. The summed E-state index contributed by atoms with van der Waals surface area (Å²) in [5, 5.41) is 17.0. The largest absolute Gasteiger partial charge is 0.491 e. The molecule has 2 fully saturated rings. The third kappa shape index (κ3) is 6.13. The van der Waals surface area contributed by atoms with E-state index >= 15 is 8.78 Å². The minimum atomic E-state index is -0.947. The average molecular weight is 542 g/mol. The zero-order chi connectivity index (χ0) is 27.7. The SMILES string of the molecule is CNC[C@@H](O)COc1ccc(F)c(-c2nc(C[C@H]3CCN(C4CC4)C[C@H]3F)c(C)c(-c3c(C)noc3C)n2)c1. The minimum Gasteiger partial charge on any atom is -0.491 e. The normalized spacial score (nSPS) is 20.8. The summed E-state index contributed by atoms with van der Waals surface area (Å²) in [4.78, 5) is 11.8. The number of nitrogens with zero attached hydrogens (tertiary/aromatic N) is 4. The van der Waals surface area contributed by atoms with Crippen LogP contribution >= 0.6 is 0 Å². The van der Waals surface area contributed by atoms with Crippen molar-refractivity contribution in [2.45, 2.75) is 64.8 Å². The Morgan fingerprint density at radius 2 is 2.00 bits per heavy atom. The van der Waals surface area contributed by atoms with Gasteiger partial charge in [-0.25, -0.2) is 18.7 Å². The van der Waals surface area contributed by atoms with Crippen molar-refractivity contribution in [2.24, 2.45) is 5.92 Å². The number of rotatable bonds is 10. The number of aliphatic hydroxyl groups is 1. The topological polar surface area (TPSA) is 96.5 Å². The van der Waals surface area contributed by atoms with Crippen molar-refractivity contribution >= 4 is 0 Å². The number of likely N-dealkylation sites (N-methyl/N-ethyl adjacent to an activating group) is 1. The van der Waals surface area contributed by atoms with Crippen LogP contribution in [0.2, 0.25) is 0 Å². The third-order valence-corrected chi connectivity index (χ3v) is 7.80. The van der Waals surface area contributed by atoms with E-state index in [0.717, 1.165) is 36.9 Å². The summed E-state index contributed by atoms with van der Waals surface area (Å²) in [6.45, 7) is 7.33. The van der Waals surface area contributed by atoms with Crippen LogP contribution in [0.1, 0.15) is 42.0 Å². The van der Waals surface area contributed by atoms with Crippen LogP contribution in [0.5, 0.6) is 5.75 Å². The molecule has 3 heterocycles. The first-order valence-corrected chi connectivity index (χ1v) is 13.7. The van der Waals surface area contributed by atoms with E-state index in [-0.39, 0.29) is 23.9 Å². The summed E-state index contributed by atoms with van der Waals surface area (Å²) < 4.78 is 41.7. The number of ether oxygens (including phenoxy) is 1. The summed E-state index contributed by atoms with van der Waals surface area (Å²) in [6, 6.07) is 4.90. The molecule has 2 N–H and O–H groups in total. The summed E-state index contributed by atoms with van der Waals surface area (Å²) in [7, 11) is 1.74. The number of hydrogen-bond acceptors (Lipinski definition) is 8. The van der Waals surface area contributed by atoms with E-state index in [0.29, 0.717) is 54.1 Å². The van der Waals surface area contributed by atoms with Gasteiger partial charge in [-0.2, -0.15) is 0 Å². The standard InChI is InChI=1S/C29H37F2N5O3/c1-16-26(11-19-9-10-36(14-25(19)31)20-5-6-20)33-29(34-28(16)27-17(2)35-39-18(27)3)23-12-22(7-8-24(23)30)38-15-21(37)13-32-4/h7-8,12,19-21,25,32,37H,5-6,9-11,13-15H2,1-4H3/t19-,21-,25-/m1/s1. The third-order valence-electron chi connectivity index (χ3n) is 7.80. The fourth-order valence-corrected chi connectivity index (χ4v) is 5.43. The maximum atomic E-state index is 15.3. The second kappa shape index (κ2) is 11.7. The van der Waals surface area contributed by atoms with Gasteiger partial charge in [0.2, 0.25) is 0 Å². The molecular weight excluding hydrogens is 504 g/mol. The number of piperidine rings is 1. The molecule has 39 heavy (non-hydrogen) atoms. The van der Waals surface area contributed by atoms with Crippen LogP contribution in [0.3, 0.4) is 0 Å². The van der Waals surface area contributed by atoms with Crippen LogP contribution < -0.4 is 10.1 Å². The van der Waals surface area contributed by atoms with Gasteiger partial charge >= 0.3 is 0 Å². The molecule has 2 aliphatic rings. The molecule has 0 spiro atoms. The maximum absolute atomic E-state index is 15.3. The molecule has 0 bridgehead atoms. The van der Waals surface area contributed by atoms with E-state index < -0.39 is 18.1 Å². The number of halogens is 2. The molecule has 0 amide bonds. The van der Waals surface area contributed by atoms with E-state index in [1.54, 1.807) is 13.1 Å². The van der Waals surface area contributed by atoms with E-state index in [1.165, 1.54) is 12.1 Å². The van der Waals surface area contributed by atoms with Gasteiger partial charge in [-0.3, -0.25) is 4.90 Å². The summed E-state index contributed by atoms with van der Waals surface area (Å²) >= 11 is 0. The van der Waals surface area contributed by atoms with Crippen molar-refractivity contribution in [3.8, 4) is 28.4 Å². The number of aliphatic hydroxyl groups excluding tert-OH is 1. The summed E-state index contributed by atoms with van der Waals surface area (Å²) in [5.74, 6) is 0.506. The molecule has 3 atom stereocenters. The number of alkyl halides is 1. The lowest BCUT2D eigenvalue weighted by Crippen LogP contribution is -2.43. The first-order valence-electron chi connectivity index (χ1n) is 13.7. The number of aromatic nitrogens is 3. The molecule has 8 nitrogen and oxygen atoms in total. The van der Waals surface area contributed by atoms with Gasteiger partial charge in [-0.15, -0.1) is 0 Å². The van der Waals surface area contributed by atoms with Gasteiger partial charge in [-0.05, 0) is 89.7 Å². The molecule has 10 heteroatoms. The Hall–Kier alpha value is -2.95. The predicted molar refractivity (Wildman–Crippen MR) is 144 cm³/mol. The van der Waals surface area contributed by atoms with Gasteiger partial charge in [0, 0.05) is 24.8 Å². The monoisotopic (exact) mass is 541 g/mol. The Morgan fingerprint density at radius 1 is 1.21 bits per heavy atom. The Balaban J connectivity index is 1.50. The van der Waals surface area contributed by atoms with Gasteiger partial charge in [0.15, 0.2) is 5.82 Å². The lowest BCUT2D eigenvalue weighted by Gasteiger charge is -2.35. The first-order chi connectivity index (χ1) is 18.7. The fourth-order valence-electron chi connectivity index (χ4n) is 5.43. The molecule has 0 unspecified atom stereocenters. The number of hydrogen-bond donors (Lipinski definition) is 2. The van der Waals surface area contributed by atoms with Crippen LogP contribution in [-0.2, 0) is 6.42 Å². The molecule has 1 aromatic carbocycles. The van der Waals surface area contributed by atoms with Crippen molar-refractivity contribution in [3.05, 3.63) is 46.7 Å². The van der Waals surface area contributed by atoms with Crippen molar-refractivity contribution < 1.29 is 23.1 Å². The van der Waals surface area contributed by atoms with Crippen LogP contribution in [0, 0.1) is 32.5 Å². The van der Waals surface area contributed by atoms with Crippen LogP contribution in [0.15, 0.2) is 22.7 Å². The highest BCUT2D eigenvalue weighted by atomic mass is 19.1. The molecule has 1 saturated heterocycles. The molecule has 1 saturated carbocycles. The van der Waals surface area contributed by atoms with Gasteiger partial charge < -0.3 is 19.7 Å². The van der Waals surface area contributed by atoms with Gasteiger partial charge in [0.25, 0.3) is 0 Å². The Bertz CT molecular complexity index is 1290. The van der Waals surface area contributed by atoms with Crippen molar-refractivity contribution in [1.82, 2.24) is 25.3 Å². The van der Waals surface area contributed by atoms with Crippen LogP contribution in [0.25, 0.3) is 22.6 Å². The van der Waals surface area contributed by atoms with E-state index in [9.17, 15) is 5.11 Å².